The second-order valence-corrected chi connectivity index (χ2v) is 4.72. The first-order chi connectivity index (χ1) is 9.43. The maximum Gasteiger partial charge on any atom is 0.347 e. The molecule has 0 aromatic heterocycles. The normalized spacial score (nSPS) is 12.2. The Kier molecular flexibility index (Phi) is 6.24. The van der Waals surface area contributed by atoms with Crippen LogP contribution in [0.5, 0.6) is 5.75 Å². The third kappa shape index (κ3) is 5.05. The molecule has 0 fully saturated rings. The summed E-state index contributed by atoms with van der Waals surface area (Å²) < 4.78 is 11.0. The number of hydrogen-bond donors (Lipinski definition) is 1. The van der Waals surface area contributed by atoms with Crippen LogP contribution in [0.4, 0.5) is 0 Å². The van der Waals surface area contributed by atoms with E-state index in [4.69, 9.17) is 14.6 Å². The Bertz CT molecular complexity index is 524. The monoisotopic (exact) mass is 342 g/mol. The average molecular weight is 343 g/mol. The summed E-state index contributed by atoms with van der Waals surface area (Å²) in [6.45, 7) is 3.60. The maximum atomic E-state index is 11.5. The number of halogens is 1. The number of carboxylic acid groups (broad SMARTS) is 1. The van der Waals surface area contributed by atoms with Gasteiger partial charge in [-0.15, -0.1) is 0 Å². The molecule has 0 spiro atoms. The molecule has 0 saturated heterocycles. The molecular formula is C14H15BrO5. The molecule has 0 aliphatic carbocycles. The summed E-state index contributed by atoms with van der Waals surface area (Å²) in [5.41, 5.74) is 0.640. The first-order valence-corrected chi connectivity index (χ1v) is 6.77. The van der Waals surface area contributed by atoms with E-state index in [1.165, 1.54) is 6.08 Å². The summed E-state index contributed by atoms with van der Waals surface area (Å²) in [7, 11) is 0. The van der Waals surface area contributed by atoms with E-state index in [-0.39, 0.29) is 0 Å². The SMILES string of the molecule is CCOC(=O)C(C)Oc1ccc(Br)c(/C=C/C(=O)O)c1. The number of rotatable bonds is 6. The van der Waals surface area contributed by atoms with Crippen molar-refractivity contribution in [1.82, 2.24) is 0 Å². The number of carboxylic acids is 1. The van der Waals surface area contributed by atoms with Gasteiger partial charge in [0, 0.05) is 10.5 Å². The first-order valence-electron chi connectivity index (χ1n) is 5.98. The largest absolute Gasteiger partial charge is 0.479 e. The third-order valence-corrected chi connectivity index (χ3v) is 3.03. The molecule has 0 aliphatic heterocycles. The van der Waals surface area contributed by atoms with Crippen molar-refractivity contribution in [3.63, 3.8) is 0 Å². The maximum absolute atomic E-state index is 11.5. The van der Waals surface area contributed by atoms with Crippen molar-refractivity contribution in [1.29, 1.82) is 0 Å². The molecule has 108 valence electrons. The van der Waals surface area contributed by atoms with Crippen molar-refractivity contribution in [2.75, 3.05) is 6.61 Å². The Labute approximate surface area is 125 Å². The van der Waals surface area contributed by atoms with Gasteiger partial charge < -0.3 is 14.6 Å². The molecule has 1 rings (SSSR count). The van der Waals surface area contributed by atoms with Crippen molar-refractivity contribution in [3.8, 4) is 5.75 Å². The molecule has 0 radical (unpaired) electrons. The van der Waals surface area contributed by atoms with Crippen LogP contribution in [-0.4, -0.2) is 29.8 Å². The zero-order chi connectivity index (χ0) is 15.1. The zero-order valence-corrected chi connectivity index (χ0v) is 12.7. The summed E-state index contributed by atoms with van der Waals surface area (Å²) in [5, 5.41) is 8.62. The first kappa shape index (κ1) is 16.2. The minimum Gasteiger partial charge on any atom is -0.479 e. The van der Waals surface area contributed by atoms with Crippen LogP contribution in [-0.2, 0) is 14.3 Å². The highest BCUT2D eigenvalue weighted by molar-refractivity contribution is 9.10. The van der Waals surface area contributed by atoms with E-state index < -0.39 is 18.0 Å². The molecule has 0 saturated carbocycles. The molecule has 0 bridgehead atoms. The van der Waals surface area contributed by atoms with E-state index >= 15 is 0 Å². The number of ether oxygens (including phenoxy) is 2. The van der Waals surface area contributed by atoms with E-state index in [2.05, 4.69) is 15.9 Å². The highest BCUT2D eigenvalue weighted by atomic mass is 79.9. The predicted octanol–water partition coefficient (Wildman–Crippen LogP) is 2.88. The molecule has 0 amide bonds. The molecule has 0 heterocycles. The second kappa shape index (κ2) is 7.69. The van der Waals surface area contributed by atoms with Gasteiger partial charge in [0.2, 0.25) is 0 Å². The average Bonchev–Trinajstić information content (AvgIpc) is 2.39. The number of hydrogen-bond acceptors (Lipinski definition) is 4. The molecule has 1 unspecified atom stereocenters. The van der Waals surface area contributed by atoms with Crippen LogP contribution in [0.3, 0.4) is 0 Å². The Morgan fingerprint density at radius 3 is 2.75 bits per heavy atom. The van der Waals surface area contributed by atoms with Gasteiger partial charge in [-0.3, -0.25) is 0 Å². The van der Waals surface area contributed by atoms with Crippen LogP contribution < -0.4 is 4.74 Å². The standard InChI is InChI=1S/C14H15BrO5/c1-3-19-14(18)9(2)20-11-5-6-12(15)10(8-11)4-7-13(16)17/h4-9H,3H2,1-2H3,(H,16,17)/b7-4+. The van der Waals surface area contributed by atoms with Crippen molar-refractivity contribution in [2.45, 2.75) is 20.0 Å². The number of benzene rings is 1. The fourth-order valence-electron chi connectivity index (χ4n) is 1.40. The van der Waals surface area contributed by atoms with Gasteiger partial charge in [-0.25, -0.2) is 9.59 Å². The van der Waals surface area contributed by atoms with Crippen LogP contribution in [0.15, 0.2) is 28.7 Å². The Hall–Kier alpha value is -1.82. The van der Waals surface area contributed by atoms with Crippen LogP contribution in [0, 0.1) is 0 Å². The van der Waals surface area contributed by atoms with Crippen LogP contribution in [0.1, 0.15) is 19.4 Å². The topological polar surface area (TPSA) is 72.8 Å². The van der Waals surface area contributed by atoms with Gasteiger partial charge >= 0.3 is 11.9 Å². The Morgan fingerprint density at radius 1 is 1.45 bits per heavy atom. The number of carbonyl (C=O) groups excluding carboxylic acids is 1. The lowest BCUT2D eigenvalue weighted by molar-refractivity contribution is -0.150. The van der Waals surface area contributed by atoms with Crippen molar-refractivity contribution in [3.05, 3.63) is 34.3 Å². The molecule has 20 heavy (non-hydrogen) atoms. The minimum atomic E-state index is -1.04. The van der Waals surface area contributed by atoms with Crippen LogP contribution >= 0.6 is 15.9 Å². The van der Waals surface area contributed by atoms with Crippen LogP contribution in [0.25, 0.3) is 6.08 Å². The van der Waals surface area contributed by atoms with Gasteiger partial charge in [-0.05, 0) is 43.7 Å². The van der Waals surface area contributed by atoms with Crippen molar-refractivity contribution in [2.24, 2.45) is 0 Å². The van der Waals surface area contributed by atoms with Crippen molar-refractivity contribution >= 4 is 33.9 Å². The summed E-state index contributed by atoms with van der Waals surface area (Å²) in [6, 6.07) is 5.03. The lowest BCUT2D eigenvalue weighted by Gasteiger charge is -2.14. The van der Waals surface area contributed by atoms with Gasteiger partial charge in [0.1, 0.15) is 5.75 Å². The summed E-state index contributed by atoms with van der Waals surface area (Å²) in [4.78, 5) is 22.0. The summed E-state index contributed by atoms with van der Waals surface area (Å²) in [5.74, 6) is -1.03. The van der Waals surface area contributed by atoms with E-state index in [9.17, 15) is 9.59 Å². The Balaban J connectivity index is 2.84. The lowest BCUT2D eigenvalue weighted by atomic mass is 10.2. The number of carbonyl (C=O) groups is 2. The quantitative estimate of drug-likeness (QED) is 0.635. The zero-order valence-electron chi connectivity index (χ0n) is 11.1. The summed E-state index contributed by atoms with van der Waals surface area (Å²) in [6.07, 6.45) is 1.74. The highest BCUT2D eigenvalue weighted by Crippen LogP contribution is 2.24. The van der Waals surface area contributed by atoms with Crippen LogP contribution in [0.2, 0.25) is 0 Å². The molecular weight excluding hydrogens is 328 g/mol. The number of esters is 1. The molecule has 1 atom stereocenters. The second-order valence-electron chi connectivity index (χ2n) is 3.87. The fourth-order valence-corrected chi connectivity index (χ4v) is 1.77. The minimum absolute atomic E-state index is 0.291. The fraction of sp³-hybridized carbons (Fsp3) is 0.286. The van der Waals surface area contributed by atoms with Crippen molar-refractivity contribution < 1.29 is 24.2 Å². The number of aliphatic carboxylic acids is 1. The van der Waals surface area contributed by atoms with Gasteiger partial charge in [0.25, 0.3) is 0 Å². The Morgan fingerprint density at radius 2 is 2.15 bits per heavy atom. The molecule has 6 heteroatoms. The van der Waals surface area contributed by atoms with Gasteiger partial charge in [0.15, 0.2) is 6.10 Å². The third-order valence-electron chi connectivity index (χ3n) is 2.30. The lowest BCUT2D eigenvalue weighted by Crippen LogP contribution is -2.26. The molecule has 0 aliphatic rings. The molecule has 1 N–H and O–H groups in total. The molecule has 1 aromatic rings. The van der Waals surface area contributed by atoms with E-state index in [1.807, 2.05) is 0 Å². The van der Waals surface area contributed by atoms with Gasteiger partial charge in [-0.1, -0.05) is 15.9 Å². The van der Waals surface area contributed by atoms with Gasteiger partial charge in [0.05, 0.1) is 6.61 Å². The van der Waals surface area contributed by atoms with Gasteiger partial charge in [-0.2, -0.15) is 0 Å². The highest BCUT2D eigenvalue weighted by Gasteiger charge is 2.15. The predicted molar refractivity (Wildman–Crippen MR) is 77.5 cm³/mol. The summed E-state index contributed by atoms with van der Waals surface area (Å²) >= 11 is 3.31. The van der Waals surface area contributed by atoms with E-state index in [1.54, 1.807) is 32.0 Å². The smallest absolute Gasteiger partial charge is 0.347 e. The molecule has 5 nitrogen and oxygen atoms in total. The van der Waals surface area contributed by atoms with E-state index in [0.717, 1.165) is 10.5 Å². The molecule has 1 aromatic carbocycles. The van der Waals surface area contributed by atoms with E-state index in [0.29, 0.717) is 17.9 Å².